The van der Waals surface area contributed by atoms with Crippen LogP contribution >= 0.6 is 11.3 Å². The molecule has 1 aliphatic rings. The van der Waals surface area contributed by atoms with E-state index in [4.69, 9.17) is 14.7 Å². The molecule has 5 nitrogen and oxygen atoms in total. The van der Waals surface area contributed by atoms with Crippen molar-refractivity contribution in [2.75, 3.05) is 32.6 Å². The molecule has 0 amide bonds. The lowest BCUT2D eigenvalue weighted by atomic mass is 9.97. The summed E-state index contributed by atoms with van der Waals surface area (Å²) < 4.78 is 18.9. The Labute approximate surface area is 168 Å². The van der Waals surface area contributed by atoms with Gasteiger partial charge in [0.15, 0.2) is 0 Å². The molecule has 1 fully saturated rings. The zero-order valence-corrected chi connectivity index (χ0v) is 16.8. The van der Waals surface area contributed by atoms with E-state index < -0.39 is 0 Å². The van der Waals surface area contributed by atoms with Gasteiger partial charge < -0.3 is 15.0 Å². The Morgan fingerprint density at radius 1 is 1.25 bits per heavy atom. The van der Waals surface area contributed by atoms with Crippen LogP contribution in [0.5, 0.6) is 5.75 Å². The fourth-order valence-electron chi connectivity index (χ4n) is 3.49. The average molecular weight is 399 g/mol. The number of rotatable bonds is 5. The van der Waals surface area contributed by atoms with E-state index in [0.717, 1.165) is 48.1 Å². The lowest BCUT2D eigenvalue weighted by Gasteiger charge is -2.29. The van der Waals surface area contributed by atoms with E-state index in [1.807, 2.05) is 23.6 Å². The van der Waals surface area contributed by atoms with Gasteiger partial charge in [-0.15, -0.1) is 11.3 Å². The van der Waals surface area contributed by atoms with Crippen LogP contribution in [0.3, 0.4) is 0 Å². The van der Waals surface area contributed by atoms with Gasteiger partial charge in [-0.3, -0.25) is 0 Å². The number of likely N-dealkylation sites (N-methyl/N-ethyl adjacent to an activating group) is 1. The predicted octanol–water partition coefficient (Wildman–Crippen LogP) is 4.91. The molecular weight excluding hydrogens is 375 g/mol. The fourth-order valence-corrected chi connectivity index (χ4v) is 4.31. The van der Waals surface area contributed by atoms with E-state index in [1.54, 1.807) is 24.5 Å². The summed E-state index contributed by atoms with van der Waals surface area (Å²) in [6.45, 7) is 2.04. The van der Waals surface area contributed by atoms with E-state index >= 15 is 0 Å². The van der Waals surface area contributed by atoms with E-state index in [-0.39, 0.29) is 11.7 Å². The van der Waals surface area contributed by atoms with Crippen LogP contribution in [0.15, 0.2) is 41.8 Å². The van der Waals surface area contributed by atoms with E-state index in [9.17, 15) is 4.39 Å². The van der Waals surface area contributed by atoms with Gasteiger partial charge in [0.2, 0.25) is 0 Å². The molecule has 1 N–H and O–H groups in total. The molecule has 0 aliphatic carbocycles. The van der Waals surface area contributed by atoms with E-state index in [1.165, 1.54) is 12.1 Å². The molecule has 0 bridgehead atoms. The van der Waals surface area contributed by atoms with Crippen molar-refractivity contribution in [1.29, 1.82) is 0 Å². The summed E-state index contributed by atoms with van der Waals surface area (Å²) in [5.74, 6) is 2.32. The van der Waals surface area contributed by atoms with E-state index in [0.29, 0.717) is 11.5 Å². The van der Waals surface area contributed by atoms with Gasteiger partial charge in [0, 0.05) is 35.7 Å². The minimum absolute atomic E-state index is 0.281. The number of piperidine rings is 1. The highest BCUT2D eigenvalue weighted by Gasteiger charge is 2.23. The second kappa shape index (κ2) is 8.24. The zero-order valence-electron chi connectivity index (χ0n) is 16.0. The molecule has 4 rings (SSSR count). The van der Waals surface area contributed by atoms with Gasteiger partial charge in [0.25, 0.3) is 0 Å². The maximum atomic E-state index is 13.6. The average Bonchev–Trinajstić information content (AvgIpc) is 3.17. The molecule has 146 valence electrons. The van der Waals surface area contributed by atoms with Crippen LogP contribution in [0, 0.1) is 5.82 Å². The van der Waals surface area contributed by atoms with Gasteiger partial charge >= 0.3 is 0 Å². The Hall–Kier alpha value is -2.51. The van der Waals surface area contributed by atoms with Crippen LogP contribution in [0.1, 0.15) is 24.6 Å². The fraction of sp³-hybridized carbons (Fsp3) is 0.333. The topological polar surface area (TPSA) is 50.3 Å². The van der Waals surface area contributed by atoms with Crippen molar-refractivity contribution in [3.8, 4) is 16.3 Å². The Morgan fingerprint density at radius 2 is 2.14 bits per heavy atom. The van der Waals surface area contributed by atoms with Crippen molar-refractivity contribution in [2.45, 2.75) is 18.8 Å². The normalized spacial score (nSPS) is 17.5. The number of halogens is 1. The molecule has 2 aromatic heterocycles. The summed E-state index contributed by atoms with van der Waals surface area (Å²) in [6, 6.07) is 10.3. The number of ether oxygens (including phenoxy) is 1. The number of benzene rings is 1. The van der Waals surface area contributed by atoms with Gasteiger partial charge in [0.1, 0.15) is 23.2 Å². The second-order valence-corrected chi connectivity index (χ2v) is 8.00. The third-order valence-electron chi connectivity index (χ3n) is 4.89. The van der Waals surface area contributed by atoms with Gasteiger partial charge in [0.05, 0.1) is 17.7 Å². The molecule has 3 heterocycles. The zero-order chi connectivity index (χ0) is 19.5. The molecule has 0 radical (unpaired) electrons. The first kappa shape index (κ1) is 18.8. The first-order chi connectivity index (χ1) is 13.6. The number of hydrogen-bond acceptors (Lipinski definition) is 6. The summed E-state index contributed by atoms with van der Waals surface area (Å²) in [5, 5.41) is 5.20. The number of nitrogens with one attached hydrogen (secondary N) is 1. The van der Waals surface area contributed by atoms with Crippen LogP contribution in [0.4, 0.5) is 15.9 Å². The van der Waals surface area contributed by atoms with E-state index in [2.05, 4.69) is 17.3 Å². The molecular formula is C21H23FN4OS. The molecule has 0 saturated carbocycles. The Kier molecular flexibility index (Phi) is 5.54. The Morgan fingerprint density at radius 3 is 2.89 bits per heavy atom. The molecule has 3 aromatic rings. The first-order valence-corrected chi connectivity index (χ1v) is 10.2. The number of thiophene rings is 1. The molecule has 1 aromatic carbocycles. The van der Waals surface area contributed by atoms with Gasteiger partial charge in [-0.2, -0.15) is 0 Å². The smallest absolute Gasteiger partial charge is 0.135 e. The van der Waals surface area contributed by atoms with Gasteiger partial charge in [-0.25, -0.2) is 14.4 Å². The van der Waals surface area contributed by atoms with Crippen LogP contribution < -0.4 is 10.1 Å². The van der Waals surface area contributed by atoms with Crippen molar-refractivity contribution >= 4 is 22.8 Å². The minimum Gasteiger partial charge on any atom is -0.496 e. The Balaban J connectivity index is 1.71. The highest BCUT2D eigenvalue weighted by atomic mass is 32.1. The second-order valence-electron chi connectivity index (χ2n) is 7.08. The molecule has 1 unspecified atom stereocenters. The summed E-state index contributed by atoms with van der Waals surface area (Å²) in [4.78, 5) is 13.0. The van der Waals surface area contributed by atoms with Crippen LogP contribution in [-0.4, -0.2) is 42.1 Å². The van der Waals surface area contributed by atoms with Gasteiger partial charge in [-0.05, 0) is 44.6 Å². The molecule has 28 heavy (non-hydrogen) atoms. The SMILES string of the molecule is COc1csc(-c2cc(Nc3cccc(F)c3)nc(C3CCCN(C)C3)n2)c1. The quantitative estimate of drug-likeness (QED) is 0.662. The highest BCUT2D eigenvalue weighted by Crippen LogP contribution is 2.33. The van der Waals surface area contributed by atoms with Crippen molar-refractivity contribution < 1.29 is 9.13 Å². The van der Waals surface area contributed by atoms with Crippen LogP contribution in [-0.2, 0) is 0 Å². The molecule has 1 saturated heterocycles. The highest BCUT2D eigenvalue weighted by molar-refractivity contribution is 7.13. The number of anilines is 2. The summed E-state index contributed by atoms with van der Waals surface area (Å²) >= 11 is 1.59. The number of nitrogens with zero attached hydrogens (tertiary/aromatic N) is 3. The maximum Gasteiger partial charge on any atom is 0.135 e. The predicted molar refractivity (Wildman–Crippen MR) is 111 cm³/mol. The summed E-state index contributed by atoms with van der Waals surface area (Å²) in [5.41, 5.74) is 1.52. The lowest BCUT2D eigenvalue weighted by molar-refractivity contribution is 0.246. The van der Waals surface area contributed by atoms with Crippen molar-refractivity contribution in [3.63, 3.8) is 0 Å². The van der Waals surface area contributed by atoms with Crippen LogP contribution in [0.25, 0.3) is 10.6 Å². The van der Waals surface area contributed by atoms with Crippen molar-refractivity contribution in [1.82, 2.24) is 14.9 Å². The molecule has 7 heteroatoms. The number of aromatic nitrogens is 2. The Bertz CT molecular complexity index is 961. The lowest BCUT2D eigenvalue weighted by Crippen LogP contribution is -2.31. The maximum absolute atomic E-state index is 13.6. The third-order valence-corrected chi connectivity index (χ3v) is 5.82. The third kappa shape index (κ3) is 4.31. The first-order valence-electron chi connectivity index (χ1n) is 9.34. The molecule has 1 atom stereocenters. The van der Waals surface area contributed by atoms with Crippen molar-refractivity contribution in [3.05, 3.63) is 53.4 Å². The largest absolute Gasteiger partial charge is 0.496 e. The monoisotopic (exact) mass is 398 g/mol. The number of methoxy groups -OCH3 is 1. The van der Waals surface area contributed by atoms with Crippen molar-refractivity contribution in [2.24, 2.45) is 0 Å². The van der Waals surface area contributed by atoms with Gasteiger partial charge in [-0.1, -0.05) is 6.07 Å². The van der Waals surface area contributed by atoms with Crippen LogP contribution in [0.2, 0.25) is 0 Å². The number of likely N-dealkylation sites (tertiary alicyclic amines) is 1. The molecule has 1 aliphatic heterocycles. The summed E-state index contributed by atoms with van der Waals surface area (Å²) in [6.07, 6.45) is 2.20. The minimum atomic E-state index is -0.281. The number of hydrogen-bond donors (Lipinski definition) is 1. The molecule has 0 spiro atoms. The summed E-state index contributed by atoms with van der Waals surface area (Å²) in [7, 11) is 3.79. The standard InChI is InChI=1S/C21H23FN4OS/c1-26-8-4-5-14(12-26)21-24-18(19-10-17(27-2)13-28-19)11-20(25-21)23-16-7-3-6-15(22)9-16/h3,6-7,9-11,13-14H,4-5,8,12H2,1-2H3,(H,23,24,25).